The lowest BCUT2D eigenvalue weighted by molar-refractivity contribution is -0.124. The molecule has 1 aromatic carbocycles. The Kier molecular flexibility index (Phi) is 5.13. The average Bonchev–Trinajstić information content (AvgIpc) is 3.42. The van der Waals surface area contributed by atoms with Crippen LogP contribution in [0.1, 0.15) is 40.0 Å². The second kappa shape index (κ2) is 8.11. The molecule has 1 aliphatic carbocycles. The van der Waals surface area contributed by atoms with Crippen LogP contribution in [0.25, 0.3) is 0 Å². The number of ether oxygens (including phenoxy) is 1. The first-order valence-electron chi connectivity index (χ1n) is 10.8. The summed E-state index contributed by atoms with van der Waals surface area (Å²) < 4.78 is 7.04. The minimum Gasteiger partial charge on any atom is -0.497 e. The smallest absolute Gasteiger partial charge is 0.255 e. The number of methoxy groups -OCH3 is 1. The summed E-state index contributed by atoms with van der Waals surface area (Å²) in [6.07, 6.45) is 7.29. The highest BCUT2D eigenvalue weighted by Crippen LogP contribution is 2.48. The number of benzene rings is 1. The zero-order chi connectivity index (χ0) is 22.1. The van der Waals surface area contributed by atoms with E-state index in [1.165, 1.54) is 0 Å². The van der Waals surface area contributed by atoms with E-state index in [1.807, 2.05) is 41.1 Å². The minimum absolute atomic E-state index is 0.0426. The zero-order valence-electron chi connectivity index (χ0n) is 17.9. The number of carbonyl (C=O) groups is 2. The number of pyridine rings is 1. The maximum atomic E-state index is 13.1. The van der Waals surface area contributed by atoms with E-state index < -0.39 is 5.41 Å². The molecule has 0 saturated heterocycles. The summed E-state index contributed by atoms with van der Waals surface area (Å²) in [5, 5.41) is 10.5. The Labute approximate surface area is 186 Å². The average molecular weight is 431 g/mol. The van der Waals surface area contributed by atoms with Crippen molar-refractivity contribution < 1.29 is 14.3 Å². The van der Waals surface area contributed by atoms with Gasteiger partial charge in [-0.3, -0.25) is 19.3 Å². The first-order valence-corrected chi connectivity index (χ1v) is 10.8. The number of nitrogens with zero attached hydrogens (tertiary/aromatic N) is 3. The molecule has 3 heterocycles. The molecule has 2 N–H and O–H groups in total. The summed E-state index contributed by atoms with van der Waals surface area (Å²) in [6.45, 7) is 0.970. The third-order valence-corrected chi connectivity index (χ3v) is 6.36. The van der Waals surface area contributed by atoms with Gasteiger partial charge in [-0.2, -0.15) is 5.10 Å². The molecular weight excluding hydrogens is 406 g/mol. The van der Waals surface area contributed by atoms with Gasteiger partial charge < -0.3 is 15.4 Å². The first-order chi connectivity index (χ1) is 15.6. The van der Waals surface area contributed by atoms with Crippen molar-refractivity contribution in [3.05, 3.63) is 77.4 Å². The van der Waals surface area contributed by atoms with Gasteiger partial charge in [-0.1, -0.05) is 18.2 Å². The second-order valence-corrected chi connectivity index (χ2v) is 8.42. The third kappa shape index (κ3) is 3.72. The molecule has 164 valence electrons. The highest BCUT2D eigenvalue weighted by atomic mass is 16.5. The monoisotopic (exact) mass is 431 g/mol. The second-order valence-electron chi connectivity index (χ2n) is 8.42. The van der Waals surface area contributed by atoms with Crippen molar-refractivity contribution in [3.8, 4) is 5.75 Å². The number of amides is 2. The number of nitrogens with one attached hydrogen (secondary N) is 2. The van der Waals surface area contributed by atoms with Crippen LogP contribution in [0.3, 0.4) is 0 Å². The molecule has 1 aliphatic heterocycles. The van der Waals surface area contributed by atoms with Crippen molar-refractivity contribution in [2.45, 2.75) is 43.8 Å². The van der Waals surface area contributed by atoms with Gasteiger partial charge in [-0.05, 0) is 42.2 Å². The maximum absolute atomic E-state index is 13.1. The van der Waals surface area contributed by atoms with Crippen molar-refractivity contribution in [3.63, 3.8) is 0 Å². The standard InChI is InChI=1S/C24H25N5O3/c1-32-19-6-4-17(5-7-19)24(8-9-24)23(31)28-18-11-21-20(14-27-29(21)15-18)22(30)26-13-16-3-2-10-25-12-16/h2-7,10,12,14,18H,8-9,11,13,15H2,1H3,(H,26,30)(H,28,31)/t18-/m0/s1. The topological polar surface area (TPSA) is 98.1 Å². The first kappa shape index (κ1) is 20.2. The molecule has 1 atom stereocenters. The molecule has 0 unspecified atom stereocenters. The van der Waals surface area contributed by atoms with Crippen LogP contribution in [0, 0.1) is 0 Å². The molecule has 8 heteroatoms. The van der Waals surface area contributed by atoms with Crippen LogP contribution in [-0.4, -0.2) is 39.7 Å². The molecule has 1 fully saturated rings. The fourth-order valence-electron chi connectivity index (χ4n) is 4.36. The van der Waals surface area contributed by atoms with Crippen molar-refractivity contribution in [1.29, 1.82) is 0 Å². The number of rotatable bonds is 7. The molecule has 0 radical (unpaired) electrons. The summed E-state index contributed by atoms with van der Waals surface area (Å²) in [5.41, 5.74) is 2.90. The van der Waals surface area contributed by atoms with Gasteiger partial charge in [-0.25, -0.2) is 0 Å². The predicted octanol–water partition coefficient (Wildman–Crippen LogP) is 1.99. The normalized spacial score (nSPS) is 18.0. The van der Waals surface area contributed by atoms with Crippen LogP contribution in [0.15, 0.2) is 55.0 Å². The number of carbonyl (C=O) groups excluding carboxylic acids is 2. The van der Waals surface area contributed by atoms with Crippen molar-refractivity contribution in [2.24, 2.45) is 0 Å². The Bertz CT molecular complexity index is 1140. The van der Waals surface area contributed by atoms with Crippen molar-refractivity contribution in [1.82, 2.24) is 25.4 Å². The van der Waals surface area contributed by atoms with Crippen molar-refractivity contribution in [2.75, 3.05) is 7.11 Å². The van der Waals surface area contributed by atoms with Crippen LogP contribution in [-0.2, 0) is 29.7 Å². The molecule has 0 spiro atoms. The summed E-state index contributed by atoms with van der Waals surface area (Å²) in [7, 11) is 1.63. The molecule has 0 bridgehead atoms. The van der Waals surface area contributed by atoms with Gasteiger partial charge in [0.15, 0.2) is 0 Å². The van der Waals surface area contributed by atoms with E-state index in [1.54, 1.807) is 25.7 Å². The lowest BCUT2D eigenvalue weighted by Crippen LogP contribution is -2.42. The van der Waals surface area contributed by atoms with Crippen molar-refractivity contribution >= 4 is 11.8 Å². The minimum atomic E-state index is -0.457. The Morgan fingerprint density at radius 3 is 2.69 bits per heavy atom. The van der Waals surface area contributed by atoms with Gasteiger partial charge in [0.05, 0.1) is 42.6 Å². The van der Waals surface area contributed by atoms with E-state index >= 15 is 0 Å². The third-order valence-electron chi connectivity index (χ3n) is 6.36. The SMILES string of the molecule is COc1ccc(C2(C(=O)N[C@H]3Cc4c(C(=O)NCc5cccnc5)cnn4C3)CC2)cc1. The number of hydrogen-bond acceptors (Lipinski definition) is 5. The molecule has 2 aliphatic rings. The fourth-order valence-corrected chi connectivity index (χ4v) is 4.36. The lowest BCUT2D eigenvalue weighted by Gasteiger charge is -2.19. The van der Waals surface area contributed by atoms with Gasteiger partial charge >= 0.3 is 0 Å². The summed E-state index contributed by atoms with van der Waals surface area (Å²) >= 11 is 0. The Morgan fingerprint density at radius 1 is 1.19 bits per heavy atom. The molecule has 1 saturated carbocycles. The van der Waals surface area contributed by atoms with E-state index in [9.17, 15) is 9.59 Å². The van der Waals surface area contributed by atoms with E-state index in [2.05, 4.69) is 20.7 Å². The highest BCUT2D eigenvalue weighted by molar-refractivity contribution is 5.95. The maximum Gasteiger partial charge on any atom is 0.255 e. The summed E-state index contributed by atoms with van der Waals surface area (Å²) in [4.78, 5) is 29.9. The van der Waals surface area contributed by atoms with Gasteiger partial charge in [0.2, 0.25) is 5.91 Å². The van der Waals surface area contributed by atoms with E-state index in [0.29, 0.717) is 25.1 Å². The fraction of sp³-hybridized carbons (Fsp3) is 0.333. The molecule has 32 heavy (non-hydrogen) atoms. The molecule has 8 nitrogen and oxygen atoms in total. The highest BCUT2D eigenvalue weighted by Gasteiger charge is 2.51. The van der Waals surface area contributed by atoms with Crippen LogP contribution in [0.5, 0.6) is 5.75 Å². The zero-order valence-corrected chi connectivity index (χ0v) is 17.9. The molecular formula is C24H25N5O3. The molecule has 2 amide bonds. The van der Waals surface area contributed by atoms with Crippen LogP contribution in [0.2, 0.25) is 0 Å². The van der Waals surface area contributed by atoms with Gasteiger partial charge in [-0.15, -0.1) is 0 Å². The van der Waals surface area contributed by atoms with Crippen LogP contribution in [0.4, 0.5) is 0 Å². The van der Waals surface area contributed by atoms with Gasteiger partial charge in [0.25, 0.3) is 5.91 Å². The predicted molar refractivity (Wildman–Crippen MR) is 117 cm³/mol. The van der Waals surface area contributed by atoms with Gasteiger partial charge in [0.1, 0.15) is 5.75 Å². The Morgan fingerprint density at radius 2 is 2.00 bits per heavy atom. The summed E-state index contributed by atoms with van der Waals surface area (Å²) in [5.74, 6) is 0.653. The molecule has 2 aromatic heterocycles. The quantitative estimate of drug-likeness (QED) is 0.596. The number of hydrogen-bond donors (Lipinski definition) is 2. The van der Waals surface area contributed by atoms with E-state index in [-0.39, 0.29) is 17.9 Å². The summed E-state index contributed by atoms with van der Waals surface area (Å²) in [6, 6.07) is 11.4. The molecule has 3 aromatic rings. The van der Waals surface area contributed by atoms with Crippen LogP contribution >= 0.6 is 0 Å². The largest absolute Gasteiger partial charge is 0.497 e. The lowest BCUT2D eigenvalue weighted by atomic mass is 9.94. The van der Waals surface area contributed by atoms with Crippen LogP contribution < -0.4 is 15.4 Å². The van der Waals surface area contributed by atoms with E-state index in [4.69, 9.17) is 4.74 Å². The molecule has 5 rings (SSSR count). The number of aromatic nitrogens is 3. The van der Waals surface area contributed by atoms with E-state index in [0.717, 1.165) is 35.4 Å². The van der Waals surface area contributed by atoms with Gasteiger partial charge in [0, 0.05) is 25.4 Å². The Balaban J connectivity index is 1.22. The Hall–Kier alpha value is -3.68. The number of fused-ring (bicyclic) bond motifs is 1.